The molecular weight excluding hydrogens is 306 g/mol. The van der Waals surface area contributed by atoms with Crippen molar-refractivity contribution < 1.29 is 8.78 Å². The van der Waals surface area contributed by atoms with E-state index >= 15 is 0 Å². The summed E-state index contributed by atoms with van der Waals surface area (Å²) in [5.74, 6) is -0.393. The molecule has 0 aliphatic carbocycles. The van der Waals surface area contributed by atoms with Gasteiger partial charge in [0.1, 0.15) is 11.6 Å². The van der Waals surface area contributed by atoms with Crippen LogP contribution in [-0.4, -0.2) is 23.1 Å². The van der Waals surface area contributed by atoms with Crippen LogP contribution in [0.3, 0.4) is 0 Å². The summed E-state index contributed by atoms with van der Waals surface area (Å²) in [5, 5.41) is 1.02. The fourth-order valence-electron chi connectivity index (χ4n) is 3.70. The van der Waals surface area contributed by atoms with Crippen molar-refractivity contribution in [2.24, 2.45) is 0 Å². The fraction of sp³-hybridized carbons (Fsp3) is 0.300. The molecule has 124 valence electrons. The Bertz CT molecular complexity index is 881. The van der Waals surface area contributed by atoms with Crippen molar-refractivity contribution >= 4 is 10.9 Å². The molecule has 2 nitrogen and oxygen atoms in total. The van der Waals surface area contributed by atoms with Crippen molar-refractivity contribution in [3.63, 3.8) is 0 Å². The molecule has 0 spiro atoms. The van der Waals surface area contributed by atoms with E-state index in [-0.39, 0.29) is 11.6 Å². The van der Waals surface area contributed by atoms with Crippen molar-refractivity contribution in [1.82, 2.24) is 9.47 Å². The number of benzene rings is 2. The first-order valence-corrected chi connectivity index (χ1v) is 8.34. The molecule has 1 aromatic heterocycles. The lowest BCUT2D eigenvalue weighted by atomic mass is 10.0. The van der Waals surface area contributed by atoms with Crippen LogP contribution in [0.5, 0.6) is 0 Å². The van der Waals surface area contributed by atoms with Gasteiger partial charge >= 0.3 is 0 Å². The van der Waals surface area contributed by atoms with Gasteiger partial charge in [-0.05, 0) is 54.9 Å². The van der Waals surface area contributed by atoms with E-state index in [1.54, 1.807) is 6.07 Å². The van der Waals surface area contributed by atoms with E-state index in [0.29, 0.717) is 0 Å². The molecule has 3 aromatic rings. The number of likely N-dealkylation sites (N-methyl/N-ethyl adjacent to an activating group) is 1. The van der Waals surface area contributed by atoms with Gasteiger partial charge in [0.2, 0.25) is 0 Å². The Labute approximate surface area is 140 Å². The zero-order valence-corrected chi connectivity index (χ0v) is 13.7. The molecule has 0 saturated heterocycles. The van der Waals surface area contributed by atoms with Gasteiger partial charge in [-0.2, -0.15) is 0 Å². The lowest BCUT2D eigenvalue weighted by molar-refractivity contribution is 0.309. The Kier molecular flexibility index (Phi) is 3.85. The van der Waals surface area contributed by atoms with Crippen LogP contribution < -0.4 is 0 Å². The maximum absolute atomic E-state index is 13.7. The van der Waals surface area contributed by atoms with Gasteiger partial charge in [-0.3, -0.25) is 0 Å². The van der Waals surface area contributed by atoms with E-state index in [0.717, 1.165) is 48.9 Å². The molecule has 4 heteroatoms. The predicted octanol–water partition coefficient (Wildman–Crippen LogP) is 4.15. The number of hydrogen-bond acceptors (Lipinski definition) is 1. The van der Waals surface area contributed by atoms with E-state index in [1.165, 1.54) is 29.5 Å². The molecule has 1 aliphatic rings. The highest BCUT2D eigenvalue weighted by atomic mass is 19.1. The molecule has 0 bridgehead atoms. The minimum Gasteiger partial charge on any atom is -0.344 e. The first-order valence-electron chi connectivity index (χ1n) is 8.34. The van der Waals surface area contributed by atoms with Crippen LogP contribution in [0.25, 0.3) is 10.9 Å². The van der Waals surface area contributed by atoms with E-state index in [2.05, 4.69) is 16.5 Å². The molecule has 2 heterocycles. The number of fused-ring (bicyclic) bond motifs is 3. The van der Waals surface area contributed by atoms with E-state index in [4.69, 9.17) is 0 Å². The third kappa shape index (κ3) is 2.71. The number of hydrogen-bond donors (Lipinski definition) is 0. The van der Waals surface area contributed by atoms with Crippen LogP contribution in [0.15, 0.2) is 42.5 Å². The first kappa shape index (κ1) is 15.3. The van der Waals surface area contributed by atoms with Gasteiger partial charge in [-0.1, -0.05) is 12.1 Å². The maximum atomic E-state index is 13.7. The highest BCUT2D eigenvalue weighted by Crippen LogP contribution is 2.31. The summed E-state index contributed by atoms with van der Waals surface area (Å²) in [6.07, 6.45) is 1.81. The third-order valence-electron chi connectivity index (χ3n) is 4.94. The van der Waals surface area contributed by atoms with Crippen molar-refractivity contribution in [3.05, 3.63) is 70.9 Å². The summed E-state index contributed by atoms with van der Waals surface area (Å²) in [5.41, 5.74) is 4.77. The Morgan fingerprint density at radius 3 is 2.54 bits per heavy atom. The molecule has 0 amide bonds. The standard InChI is InChI=1S/C20H20F2N2/c1-23-10-9-20-18(13-23)17-12-16(22)6-7-19(17)24(20)11-8-14-2-4-15(21)5-3-14/h2-7,12H,8-11,13H2,1H3. The summed E-state index contributed by atoms with van der Waals surface area (Å²) in [7, 11) is 2.10. The molecule has 0 N–H and O–H groups in total. The maximum Gasteiger partial charge on any atom is 0.123 e. The Morgan fingerprint density at radius 2 is 1.75 bits per heavy atom. The Hall–Kier alpha value is -2.20. The fourth-order valence-corrected chi connectivity index (χ4v) is 3.70. The van der Waals surface area contributed by atoms with Gasteiger partial charge < -0.3 is 9.47 Å². The van der Waals surface area contributed by atoms with Gasteiger partial charge in [0.25, 0.3) is 0 Å². The molecular formula is C20H20F2N2. The smallest absolute Gasteiger partial charge is 0.123 e. The van der Waals surface area contributed by atoms with Crippen molar-refractivity contribution in [3.8, 4) is 0 Å². The van der Waals surface area contributed by atoms with Gasteiger partial charge in [0.15, 0.2) is 0 Å². The van der Waals surface area contributed by atoms with E-state index in [9.17, 15) is 8.78 Å². The number of rotatable bonds is 3. The van der Waals surface area contributed by atoms with E-state index in [1.807, 2.05) is 18.2 Å². The van der Waals surface area contributed by atoms with Gasteiger partial charge in [0, 0.05) is 42.7 Å². The second-order valence-corrected chi connectivity index (χ2v) is 6.60. The second-order valence-electron chi connectivity index (χ2n) is 6.60. The number of halogens is 2. The molecule has 0 saturated carbocycles. The average molecular weight is 326 g/mol. The molecule has 1 aliphatic heterocycles. The van der Waals surface area contributed by atoms with Crippen LogP contribution in [0.1, 0.15) is 16.8 Å². The minimum absolute atomic E-state index is 0.186. The predicted molar refractivity (Wildman–Crippen MR) is 92.0 cm³/mol. The van der Waals surface area contributed by atoms with Crippen LogP contribution >= 0.6 is 0 Å². The van der Waals surface area contributed by atoms with Gasteiger partial charge in [-0.25, -0.2) is 8.78 Å². The zero-order valence-electron chi connectivity index (χ0n) is 13.7. The molecule has 4 rings (SSSR count). The van der Waals surface area contributed by atoms with Crippen LogP contribution in [0, 0.1) is 11.6 Å². The average Bonchev–Trinajstić information content (AvgIpc) is 2.87. The molecule has 24 heavy (non-hydrogen) atoms. The van der Waals surface area contributed by atoms with Crippen molar-refractivity contribution in [2.45, 2.75) is 25.9 Å². The lowest BCUT2D eigenvalue weighted by Gasteiger charge is -2.24. The summed E-state index contributed by atoms with van der Waals surface area (Å²) >= 11 is 0. The van der Waals surface area contributed by atoms with Gasteiger partial charge in [-0.15, -0.1) is 0 Å². The quantitative estimate of drug-likeness (QED) is 0.702. The Morgan fingerprint density at radius 1 is 1.00 bits per heavy atom. The van der Waals surface area contributed by atoms with Crippen LogP contribution in [0.2, 0.25) is 0 Å². The number of nitrogens with zero attached hydrogens (tertiary/aromatic N) is 2. The largest absolute Gasteiger partial charge is 0.344 e. The van der Waals surface area contributed by atoms with Crippen LogP contribution in [0.4, 0.5) is 8.78 Å². The lowest BCUT2D eigenvalue weighted by Crippen LogP contribution is -2.27. The van der Waals surface area contributed by atoms with E-state index < -0.39 is 0 Å². The van der Waals surface area contributed by atoms with Crippen molar-refractivity contribution in [1.29, 1.82) is 0 Å². The summed E-state index contributed by atoms with van der Waals surface area (Å²) in [4.78, 5) is 2.27. The highest BCUT2D eigenvalue weighted by Gasteiger charge is 2.22. The Balaban J connectivity index is 1.73. The van der Waals surface area contributed by atoms with Gasteiger partial charge in [0.05, 0.1) is 0 Å². The first-order chi connectivity index (χ1) is 11.6. The number of aryl methyl sites for hydroxylation is 2. The van der Waals surface area contributed by atoms with Crippen molar-refractivity contribution in [2.75, 3.05) is 13.6 Å². The SMILES string of the molecule is CN1CCc2c(c3cc(F)ccc3n2CCc2ccc(F)cc2)C1. The highest BCUT2D eigenvalue weighted by molar-refractivity contribution is 5.86. The third-order valence-corrected chi connectivity index (χ3v) is 4.94. The minimum atomic E-state index is -0.207. The molecule has 0 atom stereocenters. The number of aromatic nitrogens is 1. The molecule has 2 aromatic carbocycles. The monoisotopic (exact) mass is 326 g/mol. The molecule has 0 fully saturated rings. The summed E-state index contributed by atoms with van der Waals surface area (Å²) in [6, 6.07) is 11.7. The molecule has 0 unspecified atom stereocenters. The molecule has 0 radical (unpaired) electrons. The topological polar surface area (TPSA) is 8.17 Å². The second kappa shape index (κ2) is 6.02. The van der Waals surface area contributed by atoms with Crippen LogP contribution in [-0.2, 0) is 25.9 Å². The summed E-state index contributed by atoms with van der Waals surface area (Å²) < 4.78 is 29.1. The zero-order chi connectivity index (χ0) is 16.7. The normalized spacial score (nSPS) is 15.0. The summed E-state index contributed by atoms with van der Waals surface area (Å²) in [6.45, 7) is 2.70.